The van der Waals surface area contributed by atoms with Crippen LogP contribution in [0.5, 0.6) is 0 Å². The standard InChI is InChI=1S/C21H17Cl2N5O2S/c1-13(20(29)25-18-7-6-15(22)10-17(18)23)31-21-27-26-19(14-4-2-8-24-11-14)28(21)12-16-5-3-9-30-16/h2-11,13H,12H2,1H3,(H,25,29). The topological polar surface area (TPSA) is 85.8 Å². The van der Waals surface area contributed by atoms with Crippen molar-refractivity contribution in [1.29, 1.82) is 0 Å². The first kappa shape index (κ1) is 21.4. The summed E-state index contributed by atoms with van der Waals surface area (Å²) in [6.45, 7) is 2.21. The third-order valence-corrected chi connectivity index (χ3v) is 6.00. The van der Waals surface area contributed by atoms with Crippen molar-refractivity contribution in [3.63, 3.8) is 0 Å². The van der Waals surface area contributed by atoms with Gasteiger partial charge in [-0.3, -0.25) is 14.3 Å². The third kappa shape index (κ3) is 5.10. The van der Waals surface area contributed by atoms with E-state index in [9.17, 15) is 4.79 Å². The molecular weight excluding hydrogens is 457 g/mol. The number of hydrogen-bond acceptors (Lipinski definition) is 6. The number of amides is 1. The Morgan fingerprint density at radius 2 is 2.10 bits per heavy atom. The summed E-state index contributed by atoms with van der Waals surface area (Å²) in [6.07, 6.45) is 5.03. The summed E-state index contributed by atoms with van der Waals surface area (Å²) in [7, 11) is 0. The smallest absolute Gasteiger partial charge is 0.237 e. The van der Waals surface area contributed by atoms with Gasteiger partial charge in [-0.05, 0) is 49.4 Å². The largest absolute Gasteiger partial charge is 0.467 e. The molecule has 1 atom stereocenters. The summed E-state index contributed by atoms with van der Waals surface area (Å²) >= 11 is 13.4. The Hall–Kier alpha value is -2.81. The molecule has 3 heterocycles. The molecule has 1 aromatic carbocycles. The normalized spacial score (nSPS) is 12.0. The van der Waals surface area contributed by atoms with E-state index in [1.807, 2.05) is 28.8 Å². The first-order valence-electron chi connectivity index (χ1n) is 9.30. The maximum Gasteiger partial charge on any atom is 0.237 e. The number of carbonyl (C=O) groups is 1. The van der Waals surface area contributed by atoms with Crippen molar-refractivity contribution in [3.8, 4) is 11.4 Å². The number of aromatic nitrogens is 4. The average Bonchev–Trinajstić information content (AvgIpc) is 3.41. The zero-order chi connectivity index (χ0) is 21.8. The quantitative estimate of drug-likeness (QED) is 0.361. The van der Waals surface area contributed by atoms with Crippen LogP contribution in [0, 0.1) is 0 Å². The van der Waals surface area contributed by atoms with Crippen molar-refractivity contribution in [1.82, 2.24) is 19.7 Å². The van der Waals surface area contributed by atoms with Crippen LogP contribution in [0.15, 0.2) is 70.7 Å². The number of furan rings is 1. The Morgan fingerprint density at radius 3 is 2.81 bits per heavy atom. The van der Waals surface area contributed by atoms with Gasteiger partial charge in [-0.25, -0.2) is 0 Å². The molecule has 0 fully saturated rings. The maximum atomic E-state index is 12.7. The molecule has 0 aliphatic rings. The monoisotopic (exact) mass is 473 g/mol. The van der Waals surface area contributed by atoms with Gasteiger partial charge < -0.3 is 9.73 Å². The van der Waals surface area contributed by atoms with Gasteiger partial charge in [0.2, 0.25) is 5.91 Å². The van der Waals surface area contributed by atoms with Crippen LogP contribution in [0.25, 0.3) is 11.4 Å². The van der Waals surface area contributed by atoms with Crippen LogP contribution in [0.1, 0.15) is 12.7 Å². The van der Waals surface area contributed by atoms with Gasteiger partial charge in [0, 0.05) is 23.0 Å². The minimum absolute atomic E-state index is 0.218. The average molecular weight is 474 g/mol. The lowest BCUT2D eigenvalue weighted by molar-refractivity contribution is -0.115. The minimum Gasteiger partial charge on any atom is -0.467 e. The Morgan fingerprint density at radius 1 is 1.23 bits per heavy atom. The van der Waals surface area contributed by atoms with Crippen molar-refractivity contribution in [3.05, 3.63) is 76.9 Å². The van der Waals surface area contributed by atoms with Crippen molar-refractivity contribution in [2.75, 3.05) is 5.32 Å². The van der Waals surface area contributed by atoms with E-state index in [1.165, 1.54) is 11.8 Å². The number of rotatable bonds is 7. The second-order valence-electron chi connectivity index (χ2n) is 6.59. The molecule has 7 nitrogen and oxygen atoms in total. The van der Waals surface area contributed by atoms with Crippen LogP contribution >= 0.6 is 35.0 Å². The summed E-state index contributed by atoms with van der Waals surface area (Å²) < 4.78 is 7.40. The molecule has 0 saturated carbocycles. The fourth-order valence-corrected chi connectivity index (χ4v) is 4.13. The van der Waals surface area contributed by atoms with Crippen LogP contribution in [0.4, 0.5) is 5.69 Å². The van der Waals surface area contributed by atoms with Gasteiger partial charge in [0.15, 0.2) is 11.0 Å². The summed E-state index contributed by atoms with van der Waals surface area (Å²) in [5.41, 5.74) is 1.31. The van der Waals surface area contributed by atoms with E-state index >= 15 is 0 Å². The van der Waals surface area contributed by atoms with Crippen molar-refractivity contribution < 1.29 is 9.21 Å². The van der Waals surface area contributed by atoms with Crippen LogP contribution in [0.3, 0.4) is 0 Å². The molecule has 0 aliphatic heterocycles. The lowest BCUT2D eigenvalue weighted by Crippen LogP contribution is -2.23. The van der Waals surface area contributed by atoms with E-state index in [0.717, 1.165) is 11.3 Å². The molecule has 3 aromatic heterocycles. The maximum absolute atomic E-state index is 12.7. The Balaban J connectivity index is 1.57. The molecular formula is C21H17Cl2N5O2S. The van der Waals surface area contributed by atoms with E-state index in [1.54, 1.807) is 43.8 Å². The highest BCUT2D eigenvalue weighted by Crippen LogP contribution is 2.30. The second kappa shape index (κ2) is 9.55. The van der Waals surface area contributed by atoms with Gasteiger partial charge in [0.25, 0.3) is 0 Å². The Bertz CT molecular complexity index is 1180. The third-order valence-electron chi connectivity index (χ3n) is 4.37. The number of nitrogens with zero attached hydrogens (tertiary/aromatic N) is 4. The van der Waals surface area contributed by atoms with Crippen molar-refractivity contribution >= 4 is 46.6 Å². The second-order valence-corrected chi connectivity index (χ2v) is 8.74. The van der Waals surface area contributed by atoms with Crippen LogP contribution in [-0.4, -0.2) is 30.9 Å². The summed E-state index contributed by atoms with van der Waals surface area (Å²) in [5, 5.41) is 12.5. The molecule has 158 valence electrons. The van der Waals surface area contributed by atoms with E-state index in [2.05, 4.69) is 20.5 Å². The number of thioether (sulfide) groups is 1. The molecule has 4 rings (SSSR count). The molecule has 0 bridgehead atoms. The summed E-state index contributed by atoms with van der Waals surface area (Å²) in [6, 6.07) is 12.3. The first-order valence-corrected chi connectivity index (χ1v) is 10.9. The Kier molecular flexibility index (Phi) is 6.60. The number of anilines is 1. The van der Waals surface area contributed by atoms with E-state index < -0.39 is 5.25 Å². The highest BCUT2D eigenvalue weighted by molar-refractivity contribution is 8.00. The van der Waals surface area contributed by atoms with E-state index in [4.69, 9.17) is 27.6 Å². The first-order chi connectivity index (χ1) is 15.0. The van der Waals surface area contributed by atoms with E-state index in [0.29, 0.717) is 33.3 Å². The van der Waals surface area contributed by atoms with Crippen LogP contribution in [0.2, 0.25) is 10.0 Å². The highest BCUT2D eigenvalue weighted by Gasteiger charge is 2.22. The summed E-state index contributed by atoms with van der Waals surface area (Å²) in [4.78, 5) is 16.9. The fourth-order valence-electron chi connectivity index (χ4n) is 2.82. The number of hydrogen-bond donors (Lipinski definition) is 1. The lowest BCUT2D eigenvalue weighted by Gasteiger charge is -2.14. The molecule has 31 heavy (non-hydrogen) atoms. The predicted octanol–water partition coefficient (Wildman–Crippen LogP) is 5.41. The number of halogens is 2. The van der Waals surface area contributed by atoms with Crippen LogP contribution < -0.4 is 5.32 Å². The van der Waals surface area contributed by atoms with Gasteiger partial charge >= 0.3 is 0 Å². The van der Waals surface area contributed by atoms with Gasteiger partial charge in [-0.1, -0.05) is 35.0 Å². The lowest BCUT2D eigenvalue weighted by atomic mass is 10.2. The SMILES string of the molecule is CC(Sc1nnc(-c2cccnc2)n1Cc1ccco1)C(=O)Nc1ccc(Cl)cc1Cl. The molecule has 4 aromatic rings. The molecule has 0 radical (unpaired) electrons. The molecule has 0 aliphatic carbocycles. The molecule has 1 amide bonds. The molecule has 10 heteroatoms. The number of carbonyl (C=O) groups excluding carboxylic acids is 1. The molecule has 0 saturated heterocycles. The van der Waals surface area contributed by atoms with Gasteiger partial charge in [-0.15, -0.1) is 10.2 Å². The van der Waals surface area contributed by atoms with Gasteiger partial charge in [0.05, 0.1) is 28.8 Å². The minimum atomic E-state index is -0.465. The number of pyridine rings is 1. The zero-order valence-corrected chi connectivity index (χ0v) is 18.7. The fraction of sp³-hybridized carbons (Fsp3) is 0.143. The van der Waals surface area contributed by atoms with Crippen molar-refractivity contribution in [2.24, 2.45) is 0 Å². The number of benzene rings is 1. The van der Waals surface area contributed by atoms with E-state index in [-0.39, 0.29) is 5.91 Å². The molecule has 1 N–H and O–H groups in total. The molecule has 0 spiro atoms. The zero-order valence-electron chi connectivity index (χ0n) is 16.3. The van der Waals surface area contributed by atoms with Crippen LogP contribution in [-0.2, 0) is 11.3 Å². The van der Waals surface area contributed by atoms with Gasteiger partial charge in [-0.2, -0.15) is 0 Å². The Labute approximate surface area is 192 Å². The summed E-state index contributed by atoms with van der Waals surface area (Å²) in [5.74, 6) is 1.17. The predicted molar refractivity (Wildman–Crippen MR) is 121 cm³/mol. The molecule has 1 unspecified atom stereocenters. The highest BCUT2D eigenvalue weighted by atomic mass is 35.5. The van der Waals surface area contributed by atoms with Gasteiger partial charge in [0.1, 0.15) is 5.76 Å². The number of nitrogens with one attached hydrogen (secondary N) is 1. The van der Waals surface area contributed by atoms with Crippen molar-refractivity contribution in [2.45, 2.75) is 23.9 Å².